The lowest BCUT2D eigenvalue weighted by atomic mass is 10.1. The summed E-state index contributed by atoms with van der Waals surface area (Å²) in [6, 6.07) is 9.74. The van der Waals surface area contributed by atoms with Crippen molar-refractivity contribution in [2.75, 3.05) is 38.5 Å². The van der Waals surface area contributed by atoms with E-state index in [2.05, 4.69) is 33.7 Å². The van der Waals surface area contributed by atoms with Crippen molar-refractivity contribution < 1.29 is 5.11 Å². The number of benzene rings is 1. The number of piperazine rings is 1. The van der Waals surface area contributed by atoms with Crippen LogP contribution in [0, 0.1) is 0 Å². The third-order valence-corrected chi connectivity index (χ3v) is 5.88. The number of nitrogens with one attached hydrogen (secondary N) is 1. The van der Waals surface area contributed by atoms with Gasteiger partial charge in [0.1, 0.15) is 5.65 Å². The fourth-order valence-corrected chi connectivity index (χ4v) is 3.75. The highest BCUT2D eigenvalue weighted by Crippen LogP contribution is 2.22. The van der Waals surface area contributed by atoms with Gasteiger partial charge in [-0.1, -0.05) is 18.7 Å². The first-order chi connectivity index (χ1) is 15.9. The Morgan fingerprint density at radius 2 is 1.88 bits per heavy atom. The number of aliphatic hydroxyl groups excluding tert-OH is 1. The number of likely N-dealkylation sites (N-methyl/N-ethyl adjacent to an activating group) is 1. The van der Waals surface area contributed by atoms with Crippen molar-refractivity contribution >= 4 is 17.0 Å². The van der Waals surface area contributed by atoms with Gasteiger partial charge in [-0.15, -0.1) is 0 Å². The first-order valence-corrected chi connectivity index (χ1v) is 11.1. The third kappa shape index (κ3) is 5.24. The van der Waals surface area contributed by atoms with E-state index in [-0.39, 0.29) is 0 Å². The van der Waals surface area contributed by atoms with Gasteiger partial charge in [0.05, 0.1) is 11.8 Å². The van der Waals surface area contributed by atoms with E-state index in [1.54, 1.807) is 13.1 Å². The second kappa shape index (κ2) is 9.89. The molecule has 0 aliphatic carbocycles. The highest BCUT2D eigenvalue weighted by molar-refractivity contribution is 5.78. The van der Waals surface area contributed by atoms with E-state index >= 15 is 0 Å². The van der Waals surface area contributed by atoms with Crippen LogP contribution in [-0.2, 0) is 0 Å². The standard InChI is InChI=1S/C25H31N7O/c1-18(31-14-12-30(3)13-15-31)4-7-22(16-26)28-25-27-17-21-10-11-32(24(21)29-25)23-8-5-20(6-9-23)19(2)33/h4-11,16-17,19,33H,1,12-15,26H2,2-3H3,(H,27,28,29)/b7-4-,22-16+. The van der Waals surface area contributed by atoms with Crippen LogP contribution < -0.4 is 11.1 Å². The Bertz CT molecular complexity index is 1170. The Hall–Kier alpha value is -3.62. The largest absolute Gasteiger partial charge is 0.403 e. The van der Waals surface area contributed by atoms with E-state index in [0.29, 0.717) is 11.6 Å². The van der Waals surface area contributed by atoms with Gasteiger partial charge >= 0.3 is 0 Å². The SMILES string of the molecule is C=C(/C=C\C(=C/N)Nc1ncc2ccn(-c3ccc(C(C)O)cc3)c2n1)N1CCN(C)CC1. The molecule has 1 aromatic carbocycles. The molecule has 2 aromatic heterocycles. The van der Waals surface area contributed by atoms with E-state index < -0.39 is 6.10 Å². The van der Waals surface area contributed by atoms with Gasteiger partial charge in [0.15, 0.2) is 0 Å². The van der Waals surface area contributed by atoms with Crippen LogP contribution in [0.15, 0.2) is 79.1 Å². The number of hydrogen-bond acceptors (Lipinski definition) is 7. The summed E-state index contributed by atoms with van der Waals surface area (Å²) in [6.45, 7) is 9.92. The van der Waals surface area contributed by atoms with Gasteiger partial charge < -0.3 is 30.5 Å². The van der Waals surface area contributed by atoms with Crippen molar-refractivity contribution in [3.8, 4) is 5.69 Å². The van der Waals surface area contributed by atoms with Crippen LogP contribution in [0.2, 0.25) is 0 Å². The lowest BCUT2D eigenvalue weighted by molar-refractivity contribution is 0.190. The molecule has 172 valence electrons. The van der Waals surface area contributed by atoms with E-state index in [4.69, 9.17) is 10.7 Å². The maximum absolute atomic E-state index is 9.76. The zero-order valence-electron chi connectivity index (χ0n) is 19.1. The Labute approximate surface area is 194 Å². The number of hydrogen-bond donors (Lipinski definition) is 3. The molecule has 33 heavy (non-hydrogen) atoms. The Balaban J connectivity index is 1.50. The molecule has 1 aliphatic rings. The molecule has 1 unspecified atom stereocenters. The lowest BCUT2D eigenvalue weighted by Crippen LogP contribution is -2.43. The predicted molar refractivity (Wildman–Crippen MR) is 133 cm³/mol. The van der Waals surface area contributed by atoms with Gasteiger partial charge in [0.2, 0.25) is 5.95 Å². The van der Waals surface area contributed by atoms with Gasteiger partial charge in [0, 0.05) is 61.5 Å². The molecule has 1 atom stereocenters. The van der Waals surface area contributed by atoms with Crippen molar-refractivity contribution in [1.29, 1.82) is 0 Å². The molecule has 3 heterocycles. The molecule has 1 fully saturated rings. The summed E-state index contributed by atoms with van der Waals surface area (Å²) < 4.78 is 1.99. The minimum Gasteiger partial charge on any atom is -0.403 e. The fraction of sp³-hybridized carbons (Fsp3) is 0.280. The highest BCUT2D eigenvalue weighted by Gasteiger charge is 2.13. The number of nitrogens with two attached hydrogens (primary N) is 1. The van der Waals surface area contributed by atoms with Crippen molar-refractivity contribution in [3.05, 3.63) is 84.6 Å². The molecule has 8 heteroatoms. The van der Waals surface area contributed by atoms with E-state index in [1.807, 2.05) is 53.2 Å². The van der Waals surface area contributed by atoms with Crippen molar-refractivity contribution in [2.24, 2.45) is 5.73 Å². The molecular formula is C25H31N7O. The van der Waals surface area contributed by atoms with Crippen LogP contribution in [0.25, 0.3) is 16.7 Å². The maximum Gasteiger partial charge on any atom is 0.229 e. The summed E-state index contributed by atoms with van der Waals surface area (Å²) >= 11 is 0. The number of rotatable bonds is 7. The zero-order chi connectivity index (χ0) is 23.4. The van der Waals surface area contributed by atoms with E-state index in [1.165, 1.54) is 6.20 Å². The van der Waals surface area contributed by atoms with Crippen molar-refractivity contribution in [2.45, 2.75) is 13.0 Å². The number of aromatic nitrogens is 3. The monoisotopic (exact) mass is 445 g/mol. The molecule has 0 saturated carbocycles. The Kier molecular flexibility index (Phi) is 6.76. The van der Waals surface area contributed by atoms with Gasteiger partial charge in [-0.25, -0.2) is 4.98 Å². The summed E-state index contributed by atoms with van der Waals surface area (Å²) in [5.74, 6) is 0.453. The average molecular weight is 446 g/mol. The van der Waals surface area contributed by atoms with Crippen molar-refractivity contribution in [1.82, 2.24) is 24.3 Å². The van der Waals surface area contributed by atoms with Gasteiger partial charge in [0.25, 0.3) is 0 Å². The van der Waals surface area contributed by atoms with Gasteiger partial charge in [-0.05, 0) is 49.9 Å². The molecule has 0 spiro atoms. The molecule has 0 amide bonds. The fourth-order valence-electron chi connectivity index (χ4n) is 3.75. The Morgan fingerprint density at radius 1 is 1.15 bits per heavy atom. The molecule has 4 N–H and O–H groups in total. The second-order valence-corrected chi connectivity index (χ2v) is 8.29. The second-order valence-electron chi connectivity index (χ2n) is 8.29. The number of aliphatic hydroxyl groups is 1. The summed E-state index contributed by atoms with van der Waals surface area (Å²) in [5.41, 5.74) is 10.1. The summed E-state index contributed by atoms with van der Waals surface area (Å²) in [4.78, 5) is 13.7. The highest BCUT2D eigenvalue weighted by atomic mass is 16.3. The number of nitrogens with zero attached hydrogens (tertiary/aromatic N) is 5. The topological polar surface area (TPSA) is 95.5 Å². The first kappa shape index (κ1) is 22.6. The van der Waals surface area contributed by atoms with Gasteiger partial charge in [-0.2, -0.15) is 4.98 Å². The van der Waals surface area contributed by atoms with Crippen molar-refractivity contribution in [3.63, 3.8) is 0 Å². The molecule has 0 radical (unpaired) electrons. The van der Waals surface area contributed by atoms with E-state index in [9.17, 15) is 5.11 Å². The van der Waals surface area contributed by atoms with E-state index in [0.717, 1.165) is 54.2 Å². The summed E-state index contributed by atoms with van der Waals surface area (Å²) in [7, 11) is 2.13. The smallest absolute Gasteiger partial charge is 0.229 e. The maximum atomic E-state index is 9.76. The van der Waals surface area contributed by atoms with Crippen LogP contribution in [0.5, 0.6) is 0 Å². The number of allylic oxidation sites excluding steroid dienone is 2. The zero-order valence-corrected chi connectivity index (χ0v) is 19.1. The normalized spacial score (nSPS) is 16.5. The molecular weight excluding hydrogens is 414 g/mol. The van der Waals surface area contributed by atoms with Crippen LogP contribution in [0.3, 0.4) is 0 Å². The van der Waals surface area contributed by atoms with Crippen LogP contribution in [0.1, 0.15) is 18.6 Å². The minimum absolute atomic E-state index is 0.453. The number of fused-ring (bicyclic) bond motifs is 1. The lowest BCUT2D eigenvalue weighted by Gasteiger charge is -2.34. The number of anilines is 1. The van der Waals surface area contributed by atoms with Crippen LogP contribution in [-0.4, -0.2) is 62.7 Å². The molecule has 1 aliphatic heterocycles. The van der Waals surface area contributed by atoms with Crippen LogP contribution >= 0.6 is 0 Å². The third-order valence-electron chi connectivity index (χ3n) is 5.88. The summed E-state index contributed by atoms with van der Waals surface area (Å²) in [5, 5.41) is 13.9. The molecule has 8 nitrogen and oxygen atoms in total. The predicted octanol–water partition coefficient (Wildman–Crippen LogP) is 3.00. The quantitative estimate of drug-likeness (QED) is 0.481. The average Bonchev–Trinajstić information content (AvgIpc) is 3.25. The van der Waals surface area contributed by atoms with Gasteiger partial charge in [-0.3, -0.25) is 0 Å². The Morgan fingerprint density at radius 3 is 2.55 bits per heavy atom. The molecule has 4 rings (SSSR count). The minimum atomic E-state index is -0.500. The molecule has 0 bridgehead atoms. The molecule has 1 saturated heterocycles. The van der Waals surface area contributed by atoms with Crippen LogP contribution in [0.4, 0.5) is 5.95 Å². The molecule has 3 aromatic rings. The summed E-state index contributed by atoms with van der Waals surface area (Å²) in [6.07, 6.45) is 8.59. The first-order valence-electron chi connectivity index (χ1n) is 11.1.